The predicted octanol–water partition coefficient (Wildman–Crippen LogP) is 3.54. The summed E-state index contributed by atoms with van der Waals surface area (Å²) in [6.45, 7) is 2.66. The molecule has 1 aromatic carbocycles. The number of halogens is 5. The van der Waals surface area contributed by atoms with Gasteiger partial charge in [-0.15, -0.1) is 0 Å². The topological polar surface area (TPSA) is 131 Å². The third-order valence-corrected chi connectivity index (χ3v) is 8.69. The fourth-order valence-electron chi connectivity index (χ4n) is 6.80. The molecule has 2 fully saturated rings. The average molecular weight is 622 g/mol. The molecule has 0 radical (unpaired) electrons. The number of alkyl halides is 3. The SMILES string of the molecule is Cc1c(F)c(N)cc(-c2nc3c(c(NCc4nn(C)cc4CCO)c2F)C(=O)N2C[C@H]4CC[C@H](N4)[C@H]2[C@H](C)O3)c1C(F)(F)F. The van der Waals surface area contributed by atoms with E-state index in [2.05, 4.69) is 20.7 Å². The number of fused-ring (bicyclic) bond motifs is 5. The molecule has 3 aliphatic heterocycles. The molecule has 0 saturated carbocycles. The van der Waals surface area contributed by atoms with E-state index in [1.54, 1.807) is 25.1 Å². The molecule has 3 aromatic rings. The molecule has 236 valence electrons. The summed E-state index contributed by atoms with van der Waals surface area (Å²) in [4.78, 5) is 20.0. The Labute approximate surface area is 249 Å². The maximum absolute atomic E-state index is 16.7. The molecule has 5 heterocycles. The molecule has 0 spiro atoms. The van der Waals surface area contributed by atoms with Crippen molar-refractivity contribution < 1.29 is 36.6 Å². The Balaban J connectivity index is 1.56. The molecule has 2 saturated heterocycles. The highest BCUT2D eigenvalue weighted by atomic mass is 19.4. The highest BCUT2D eigenvalue weighted by molar-refractivity contribution is 6.03. The quantitative estimate of drug-likeness (QED) is 0.243. The van der Waals surface area contributed by atoms with Gasteiger partial charge in [-0.2, -0.15) is 18.3 Å². The Bertz CT molecular complexity index is 1640. The number of piperazine rings is 1. The van der Waals surface area contributed by atoms with Gasteiger partial charge in [0.25, 0.3) is 5.91 Å². The maximum Gasteiger partial charge on any atom is 0.417 e. The number of rotatable bonds is 6. The van der Waals surface area contributed by atoms with Crippen LogP contribution in [0.5, 0.6) is 5.88 Å². The van der Waals surface area contributed by atoms with Gasteiger partial charge in [0.2, 0.25) is 5.88 Å². The molecule has 15 heteroatoms. The number of nitrogens with two attached hydrogens (primary N) is 1. The van der Waals surface area contributed by atoms with Crippen molar-refractivity contribution in [3.05, 3.63) is 51.8 Å². The smallest absolute Gasteiger partial charge is 0.417 e. The van der Waals surface area contributed by atoms with Crippen molar-refractivity contribution in [2.45, 2.75) is 70.1 Å². The van der Waals surface area contributed by atoms with Gasteiger partial charge in [-0.3, -0.25) is 9.48 Å². The number of ether oxygens (including phenoxy) is 1. The van der Waals surface area contributed by atoms with E-state index in [0.717, 1.165) is 19.8 Å². The van der Waals surface area contributed by atoms with Crippen LogP contribution < -0.4 is 21.1 Å². The Kier molecular flexibility index (Phi) is 7.43. The lowest BCUT2D eigenvalue weighted by atomic mass is 9.95. The largest absolute Gasteiger partial charge is 0.472 e. The number of nitrogens with zero attached hydrogens (tertiary/aromatic N) is 4. The van der Waals surface area contributed by atoms with Crippen LogP contribution in [0.25, 0.3) is 11.3 Å². The monoisotopic (exact) mass is 621 g/mol. The highest BCUT2D eigenvalue weighted by Gasteiger charge is 2.49. The summed E-state index contributed by atoms with van der Waals surface area (Å²) in [5.41, 5.74) is 1.65. The number of aryl methyl sites for hydroxylation is 1. The van der Waals surface area contributed by atoms with Crippen LogP contribution >= 0.6 is 0 Å². The molecular formula is C29H32F5N7O3. The van der Waals surface area contributed by atoms with Gasteiger partial charge in [0.15, 0.2) is 5.82 Å². The van der Waals surface area contributed by atoms with E-state index in [1.807, 2.05) is 0 Å². The van der Waals surface area contributed by atoms with Crippen LogP contribution in [0.4, 0.5) is 33.3 Å². The van der Waals surface area contributed by atoms with E-state index in [9.17, 15) is 27.5 Å². The van der Waals surface area contributed by atoms with E-state index < -0.39 is 69.6 Å². The van der Waals surface area contributed by atoms with Crippen molar-refractivity contribution in [1.82, 2.24) is 25.0 Å². The Morgan fingerprint density at radius 3 is 2.70 bits per heavy atom. The minimum Gasteiger partial charge on any atom is -0.472 e. The average Bonchev–Trinajstić information content (AvgIpc) is 3.47. The molecule has 3 aliphatic rings. The number of hydrogen-bond acceptors (Lipinski definition) is 8. The predicted molar refractivity (Wildman–Crippen MR) is 150 cm³/mol. The lowest BCUT2D eigenvalue weighted by molar-refractivity contribution is -0.137. The number of aliphatic hydroxyl groups excluding tert-OH is 1. The summed E-state index contributed by atoms with van der Waals surface area (Å²) >= 11 is 0. The van der Waals surface area contributed by atoms with Crippen LogP contribution in [-0.4, -0.2) is 68.1 Å². The third-order valence-electron chi connectivity index (χ3n) is 8.69. The van der Waals surface area contributed by atoms with Crippen LogP contribution in [0.2, 0.25) is 0 Å². The number of carbonyl (C=O) groups excluding carboxylic acids is 1. The number of pyridine rings is 1. The van der Waals surface area contributed by atoms with Gasteiger partial charge in [0, 0.05) is 44.0 Å². The van der Waals surface area contributed by atoms with Crippen molar-refractivity contribution in [3.63, 3.8) is 0 Å². The zero-order valence-electron chi connectivity index (χ0n) is 24.2. The Morgan fingerprint density at radius 2 is 2.00 bits per heavy atom. The van der Waals surface area contributed by atoms with Gasteiger partial charge in [0.1, 0.15) is 23.2 Å². The number of anilines is 2. The summed E-state index contributed by atoms with van der Waals surface area (Å²) in [6.07, 6.45) is -2.17. The van der Waals surface area contributed by atoms with E-state index in [0.29, 0.717) is 23.9 Å². The lowest BCUT2D eigenvalue weighted by Crippen LogP contribution is -2.63. The molecule has 2 bridgehead atoms. The summed E-state index contributed by atoms with van der Waals surface area (Å²) in [6, 6.07) is 0.209. The Hall–Kier alpha value is -3.98. The van der Waals surface area contributed by atoms with Gasteiger partial charge in [-0.05, 0) is 50.3 Å². The van der Waals surface area contributed by atoms with E-state index >= 15 is 4.39 Å². The van der Waals surface area contributed by atoms with Crippen LogP contribution in [-0.2, 0) is 26.2 Å². The summed E-state index contributed by atoms with van der Waals surface area (Å²) in [5, 5.41) is 20.2. The second kappa shape index (κ2) is 10.9. The molecule has 2 aromatic heterocycles. The summed E-state index contributed by atoms with van der Waals surface area (Å²) in [5.74, 6) is -3.46. The number of nitrogen functional groups attached to an aromatic ring is 1. The Morgan fingerprint density at radius 1 is 1.25 bits per heavy atom. The van der Waals surface area contributed by atoms with Crippen molar-refractivity contribution >= 4 is 17.3 Å². The molecule has 5 N–H and O–H groups in total. The first-order chi connectivity index (χ1) is 20.8. The van der Waals surface area contributed by atoms with Crippen LogP contribution in [0.1, 0.15) is 52.5 Å². The summed E-state index contributed by atoms with van der Waals surface area (Å²) < 4.78 is 82.0. The van der Waals surface area contributed by atoms with Crippen LogP contribution in [0, 0.1) is 18.6 Å². The first-order valence-corrected chi connectivity index (χ1v) is 14.3. The fourth-order valence-corrected chi connectivity index (χ4v) is 6.80. The molecule has 0 aliphatic carbocycles. The third kappa shape index (κ3) is 4.91. The lowest BCUT2D eigenvalue weighted by Gasteiger charge is -2.41. The molecule has 0 unspecified atom stereocenters. The highest BCUT2D eigenvalue weighted by Crippen LogP contribution is 2.46. The van der Waals surface area contributed by atoms with Gasteiger partial charge in [0.05, 0.1) is 35.2 Å². The standard InChI is InChI=1S/C29H32F5N7O3/c1-12-21(29(32,33)34)16(8-17(35)22(12)30)24-23(31)25(36-9-19-14(6-7-42)10-40(3)39-19)20-27(38-24)44-13(2)26-18-5-4-15(37-18)11-41(26)28(20)43/h8,10,13,15,18,26,37,42H,4-7,9,11,35H2,1-3H3,(H,36,38)/t13-,15+,18-,26+/m0/s1. The van der Waals surface area contributed by atoms with Crippen LogP contribution in [0.15, 0.2) is 12.3 Å². The van der Waals surface area contributed by atoms with Crippen LogP contribution in [0.3, 0.4) is 0 Å². The van der Waals surface area contributed by atoms with Gasteiger partial charge in [-0.1, -0.05) is 0 Å². The van der Waals surface area contributed by atoms with Crippen molar-refractivity contribution in [2.75, 3.05) is 24.2 Å². The summed E-state index contributed by atoms with van der Waals surface area (Å²) in [7, 11) is 1.67. The first kappa shape index (κ1) is 30.1. The minimum absolute atomic E-state index is 0.0384. The molecule has 44 heavy (non-hydrogen) atoms. The second-order valence-electron chi connectivity index (χ2n) is 11.6. The van der Waals surface area contributed by atoms with Gasteiger partial charge >= 0.3 is 6.18 Å². The number of hydrogen-bond donors (Lipinski definition) is 4. The fraction of sp³-hybridized carbons (Fsp3) is 0.483. The zero-order chi connectivity index (χ0) is 31.7. The molecular weight excluding hydrogens is 589 g/mol. The van der Waals surface area contributed by atoms with E-state index in [1.165, 1.54) is 4.68 Å². The number of aliphatic hydroxyl groups is 1. The normalized spacial score (nSPS) is 22.8. The van der Waals surface area contributed by atoms with Gasteiger partial charge in [-0.25, -0.2) is 13.8 Å². The van der Waals surface area contributed by atoms with Crippen molar-refractivity contribution in [1.29, 1.82) is 0 Å². The van der Waals surface area contributed by atoms with E-state index in [-0.39, 0.29) is 43.1 Å². The number of benzene rings is 1. The second-order valence-corrected chi connectivity index (χ2v) is 11.6. The number of aromatic nitrogens is 3. The number of nitrogens with one attached hydrogen (secondary N) is 2. The molecule has 4 atom stereocenters. The molecule has 6 rings (SSSR count). The number of amides is 1. The maximum atomic E-state index is 16.7. The number of carbonyl (C=O) groups is 1. The molecule has 10 nitrogen and oxygen atoms in total. The van der Waals surface area contributed by atoms with Crippen molar-refractivity contribution in [2.24, 2.45) is 7.05 Å². The zero-order valence-corrected chi connectivity index (χ0v) is 24.2. The van der Waals surface area contributed by atoms with Crippen molar-refractivity contribution in [3.8, 4) is 17.1 Å². The van der Waals surface area contributed by atoms with E-state index in [4.69, 9.17) is 10.5 Å². The molecule has 1 amide bonds. The minimum atomic E-state index is -5.09. The van der Waals surface area contributed by atoms with Gasteiger partial charge < -0.3 is 31.1 Å². The first-order valence-electron chi connectivity index (χ1n) is 14.3.